The molecule has 0 aliphatic carbocycles. The average Bonchev–Trinajstić information content (AvgIpc) is 2.57. The van der Waals surface area contributed by atoms with Gasteiger partial charge in [0.05, 0.1) is 18.9 Å². The zero-order valence-electron chi connectivity index (χ0n) is 13.4. The highest BCUT2D eigenvalue weighted by atomic mass is 79.9. The SMILES string of the molecule is Cc1nc(NCCCN2CCOCC2)c2cccc(N)c2c1Br. The fraction of sp³-hybridized carbons (Fsp3) is 0.471. The Bertz CT molecular complexity index is 686. The predicted octanol–water partition coefficient (Wildman–Crippen LogP) is 3.02. The summed E-state index contributed by atoms with van der Waals surface area (Å²) in [6.07, 6.45) is 1.08. The molecular formula is C17H23BrN4O. The fourth-order valence-electron chi connectivity index (χ4n) is 2.94. The van der Waals surface area contributed by atoms with Crippen molar-refractivity contribution in [3.8, 4) is 0 Å². The van der Waals surface area contributed by atoms with Crippen molar-refractivity contribution in [2.24, 2.45) is 0 Å². The second kappa shape index (κ2) is 7.47. The van der Waals surface area contributed by atoms with Crippen LogP contribution in [0.4, 0.5) is 11.5 Å². The lowest BCUT2D eigenvalue weighted by Gasteiger charge is -2.26. The smallest absolute Gasteiger partial charge is 0.134 e. The van der Waals surface area contributed by atoms with E-state index in [9.17, 15) is 0 Å². The molecule has 1 aliphatic heterocycles. The van der Waals surface area contributed by atoms with E-state index in [2.05, 4.69) is 37.2 Å². The Balaban J connectivity index is 1.68. The van der Waals surface area contributed by atoms with Crippen LogP contribution in [-0.2, 0) is 4.74 Å². The van der Waals surface area contributed by atoms with E-state index in [1.165, 1.54) is 0 Å². The molecule has 5 nitrogen and oxygen atoms in total. The second-order valence-electron chi connectivity index (χ2n) is 5.86. The third kappa shape index (κ3) is 3.76. The summed E-state index contributed by atoms with van der Waals surface area (Å²) < 4.78 is 6.35. The van der Waals surface area contributed by atoms with Crippen molar-refractivity contribution in [2.75, 3.05) is 50.4 Å². The van der Waals surface area contributed by atoms with Gasteiger partial charge in [0.2, 0.25) is 0 Å². The summed E-state index contributed by atoms with van der Waals surface area (Å²) >= 11 is 3.61. The van der Waals surface area contributed by atoms with Crippen LogP contribution in [-0.4, -0.2) is 49.3 Å². The molecule has 0 atom stereocenters. The van der Waals surface area contributed by atoms with Gasteiger partial charge in [-0.2, -0.15) is 0 Å². The van der Waals surface area contributed by atoms with Crippen molar-refractivity contribution in [1.82, 2.24) is 9.88 Å². The van der Waals surface area contributed by atoms with Crippen LogP contribution < -0.4 is 11.1 Å². The highest BCUT2D eigenvalue weighted by molar-refractivity contribution is 9.10. The van der Waals surface area contributed by atoms with Crippen molar-refractivity contribution >= 4 is 38.2 Å². The number of rotatable bonds is 5. The van der Waals surface area contributed by atoms with Crippen LogP contribution >= 0.6 is 15.9 Å². The van der Waals surface area contributed by atoms with Gasteiger partial charge in [0.1, 0.15) is 5.82 Å². The lowest BCUT2D eigenvalue weighted by atomic mass is 10.1. The molecule has 0 bridgehead atoms. The monoisotopic (exact) mass is 378 g/mol. The lowest BCUT2D eigenvalue weighted by molar-refractivity contribution is 0.0378. The molecule has 1 aromatic carbocycles. The summed E-state index contributed by atoms with van der Waals surface area (Å²) in [6, 6.07) is 5.96. The molecule has 0 unspecified atom stereocenters. The number of benzene rings is 1. The zero-order chi connectivity index (χ0) is 16.2. The molecule has 0 amide bonds. The molecule has 1 saturated heterocycles. The molecule has 6 heteroatoms. The Morgan fingerprint density at radius 3 is 2.91 bits per heavy atom. The minimum atomic E-state index is 0.774. The van der Waals surface area contributed by atoms with E-state index in [4.69, 9.17) is 10.5 Å². The Labute approximate surface area is 145 Å². The predicted molar refractivity (Wildman–Crippen MR) is 99.0 cm³/mol. The number of aromatic nitrogens is 1. The molecule has 0 saturated carbocycles. The molecule has 2 aromatic rings. The van der Waals surface area contributed by atoms with E-state index in [0.29, 0.717) is 0 Å². The van der Waals surface area contributed by atoms with Crippen molar-refractivity contribution in [1.29, 1.82) is 0 Å². The van der Waals surface area contributed by atoms with Crippen LogP contribution in [0.15, 0.2) is 22.7 Å². The average molecular weight is 379 g/mol. The Kier molecular flexibility index (Phi) is 5.35. The molecule has 1 aromatic heterocycles. The van der Waals surface area contributed by atoms with Crippen LogP contribution in [0.3, 0.4) is 0 Å². The van der Waals surface area contributed by atoms with Crippen LogP contribution in [0.2, 0.25) is 0 Å². The number of ether oxygens (including phenoxy) is 1. The molecule has 2 heterocycles. The number of hydrogen-bond acceptors (Lipinski definition) is 5. The Hall–Kier alpha value is -1.37. The number of fused-ring (bicyclic) bond motifs is 1. The minimum absolute atomic E-state index is 0.774. The van der Waals surface area contributed by atoms with Crippen LogP contribution in [0.5, 0.6) is 0 Å². The number of anilines is 2. The van der Waals surface area contributed by atoms with Gasteiger partial charge in [-0.1, -0.05) is 12.1 Å². The van der Waals surface area contributed by atoms with Gasteiger partial charge in [-0.15, -0.1) is 0 Å². The highest BCUT2D eigenvalue weighted by Crippen LogP contribution is 2.34. The number of pyridine rings is 1. The summed E-state index contributed by atoms with van der Waals surface area (Å²) in [6.45, 7) is 7.76. The summed E-state index contributed by atoms with van der Waals surface area (Å²) in [7, 11) is 0. The minimum Gasteiger partial charge on any atom is -0.398 e. The molecule has 3 rings (SSSR count). The number of aryl methyl sites for hydroxylation is 1. The van der Waals surface area contributed by atoms with Crippen molar-refractivity contribution in [3.63, 3.8) is 0 Å². The zero-order valence-corrected chi connectivity index (χ0v) is 15.0. The maximum atomic E-state index is 6.14. The van der Waals surface area contributed by atoms with E-state index in [1.807, 2.05) is 19.1 Å². The molecule has 124 valence electrons. The molecule has 0 radical (unpaired) electrons. The quantitative estimate of drug-likeness (QED) is 0.618. The van der Waals surface area contributed by atoms with Crippen molar-refractivity contribution in [3.05, 3.63) is 28.4 Å². The van der Waals surface area contributed by atoms with Crippen molar-refractivity contribution in [2.45, 2.75) is 13.3 Å². The van der Waals surface area contributed by atoms with E-state index in [0.717, 1.165) is 78.3 Å². The molecule has 1 fully saturated rings. The lowest BCUT2D eigenvalue weighted by Crippen LogP contribution is -2.37. The number of morpholine rings is 1. The number of nitrogens with one attached hydrogen (secondary N) is 1. The number of nitrogens with zero attached hydrogens (tertiary/aromatic N) is 2. The van der Waals surface area contributed by atoms with Gasteiger partial charge in [-0.25, -0.2) is 4.98 Å². The van der Waals surface area contributed by atoms with Gasteiger partial charge in [-0.05, 0) is 41.9 Å². The maximum absolute atomic E-state index is 6.14. The second-order valence-corrected chi connectivity index (χ2v) is 6.66. The van der Waals surface area contributed by atoms with Gasteiger partial charge in [0.25, 0.3) is 0 Å². The molecule has 0 spiro atoms. The van der Waals surface area contributed by atoms with Crippen LogP contribution in [0.25, 0.3) is 10.8 Å². The topological polar surface area (TPSA) is 63.4 Å². The normalized spacial score (nSPS) is 15.9. The summed E-state index contributed by atoms with van der Waals surface area (Å²) in [5.74, 6) is 0.912. The van der Waals surface area contributed by atoms with E-state index in [1.54, 1.807) is 0 Å². The summed E-state index contributed by atoms with van der Waals surface area (Å²) in [4.78, 5) is 7.13. The highest BCUT2D eigenvalue weighted by Gasteiger charge is 2.12. The van der Waals surface area contributed by atoms with E-state index < -0.39 is 0 Å². The van der Waals surface area contributed by atoms with Crippen LogP contribution in [0.1, 0.15) is 12.1 Å². The first-order valence-corrected chi connectivity index (χ1v) is 8.84. The molecular weight excluding hydrogens is 356 g/mol. The third-order valence-corrected chi connectivity index (χ3v) is 5.19. The largest absolute Gasteiger partial charge is 0.398 e. The fourth-order valence-corrected chi connectivity index (χ4v) is 3.47. The first-order chi connectivity index (χ1) is 11.2. The molecule has 1 aliphatic rings. The van der Waals surface area contributed by atoms with Gasteiger partial charge in [0.15, 0.2) is 0 Å². The molecule has 3 N–H and O–H groups in total. The number of hydrogen-bond donors (Lipinski definition) is 2. The Morgan fingerprint density at radius 2 is 2.13 bits per heavy atom. The van der Waals surface area contributed by atoms with Crippen LogP contribution in [0, 0.1) is 6.92 Å². The Morgan fingerprint density at radius 1 is 1.35 bits per heavy atom. The third-order valence-electron chi connectivity index (χ3n) is 4.22. The summed E-state index contributed by atoms with van der Waals surface area (Å²) in [5, 5.41) is 5.58. The first kappa shape index (κ1) is 16.5. The first-order valence-electron chi connectivity index (χ1n) is 8.05. The van der Waals surface area contributed by atoms with E-state index in [-0.39, 0.29) is 0 Å². The standard InChI is InChI=1S/C17H23BrN4O/c1-12-16(18)15-13(4-2-5-14(15)19)17(21-12)20-6-3-7-22-8-10-23-11-9-22/h2,4-5H,3,6-11,19H2,1H3,(H,20,21). The number of halogens is 1. The van der Waals surface area contributed by atoms with Crippen molar-refractivity contribution < 1.29 is 4.74 Å². The maximum Gasteiger partial charge on any atom is 0.134 e. The van der Waals surface area contributed by atoms with Gasteiger partial charge >= 0.3 is 0 Å². The summed E-state index contributed by atoms with van der Waals surface area (Å²) in [5.41, 5.74) is 7.87. The van der Waals surface area contributed by atoms with E-state index >= 15 is 0 Å². The van der Waals surface area contributed by atoms with Gasteiger partial charge < -0.3 is 15.8 Å². The number of nitrogens with two attached hydrogens (primary N) is 1. The molecule has 23 heavy (non-hydrogen) atoms. The van der Waals surface area contributed by atoms with Gasteiger partial charge in [-0.3, -0.25) is 4.90 Å². The number of nitrogen functional groups attached to an aromatic ring is 1. The van der Waals surface area contributed by atoms with Gasteiger partial charge in [0, 0.05) is 40.6 Å².